The van der Waals surface area contributed by atoms with Crippen LogP contribution < -0.4 is 0 Å². The Kier molecular flexibility index (Phi) is 16.9. The highest BCUT2D eigenvalue weighted by atomic mass is 16.6. The lowest BCUT2D eigenvalue weighted by Gasteiger charge is -2.47. The number of carboxylic acids is 1. The fourth-order valence-electron chi connectivity index (χ4n) is 19.5. The van der Waals surface area contributed by atoms with Gasteiger partial charge in [0.15, 0.2) is 0 Å². The zero-order chi connectivity index (χ0) is 44.2. The summed E-state index contributed by atoms with van der Waals surface area (Å²) in [6, 6.07) is 0. The summed E-state index contributed by atoms with van der Waals surface area (Å²) in [4.78, 5) is 55.8. The third-order valence-electron chi connectivity index (χ3n) is 21.1. The van der Waals surface area contributed by atoms with Crippen LogP contribution >= 0.6 is 0 Å². The molecule has 0 aromatic carbocycles. The van der Waals surface area contributed by atoms with Crippen LogP contribution in [-0.4, -0.2) is 47.7 Å². The van der Waals surface area contributed by atoms with Crippen LogP contribution in [0.25, 0.3) is 0 Å². The first-order valence-corrected chi connectivity index (χ1v) is 25.8. The number of carbonyl (C=O) groups is 5. The van der Waals surface area contributed by atoms with E-state index in [0.717, 1.165) is 140 Å². The summed E-state index contributed by atoms with van der Waals surface area (Å²) >= 11 is 0. The molecule has 0 saturated heterocycles. The molecule has 12 saturated carbocycles. The first kappa shape index (κ1) is 54.5. The van der Waals surface area contributed by atoms with Gasteiger partial charge in [0.2, 0.25) is 0 Å². The van der Waals surface area contributed by atoms with Gasteiger partial charge in [0.25, 0.3) is 5.97 Å². The van der Waals surface area contributed by atoms with Crippen molar-refractivity contribution in [3.8, 4) is 0 Å². The van der Waals surface area contributed by atoms with Crippen LogP contribution in [0.15, 0.2) is 0 Å². The van der Waals surface area contributed by atoms with Crippen LogP contribution in [0, 0.1) is 129 Å². The molecule has 9 heteroatoms. The Hall–Kier alpha value is -2.45. The molecule has 12 bridgehead atoms. The van der Waals surface area contributed by atoms with E-state index in [1.54, 1.807) is 12.8 Å². The highest BCUT2D eigenvalue weighted by Gasteiger charge is 2.73. The van der Waals surface area contributed by atoms with Crippen LogP contribution in [0.3, 0.4) is 0 Å². The topological polar surface area (TPSA) is 133 Å². The SMILES string of the molecule is C.C.C.C.CC(=O)O.CC(=O)OC=O.CCC.CCC(C)(CCC(C)(C)C(=O)OC1CC2CC1C1C3CC(C4C5CCC(C5)C34)C21)C(=O)OC1CC2CC1C1C3CC(C4C5CCC(C5)C34)C21. The first-order chi connectivity index (χ1) is 29.5. The number of fused-ring (bicyclic) bond motifs is 32. The maximum absolute atomic E-state index is 14.1. The molecule has 0 aromatic heterocycles. The lowest BCUT2D eigenvalue weighted by Crippen LogP contribution is -2.46. The van der Waals surface area contributed by atoms with Gasteiger partial charge in [-0.15, -0.1) is 0 Å². The largest absolute Gasteiger partial charge is 0.481 e. The van der Waals surface area contributed by atoms with Gasteiger partial charge in [-0.3, -0.25) is 24.0 Å². The highest BCUT2D eigenvalue weighted by molar-refractivity contribution is 5.78. The minimum atomic E-state index is -0.833. The number of ether oxygens (including phenoxy) is 3. The second-order valence-corrected chi connectivity index (χ2v) is 24.3. The van der Waals surface area contributed by atoms with E-state index < -0.39 is 22.8 Å². The zero-order valence-corrected chi connectivity index (χ0v) is 39.3. The van der Waals surface area contributed by atoms with E-state index in [4.69, 9.17) is 19.4 Å². The van der Waals surface area contributed by atoms with Gasteiger partial charge in [0.1, 0.15) is 12.2 Å². The number of carbonyl (C=O) groups excluding carboxylic acids is 4. The summed E-state index contributed by atoms with van der Waals surface area (Å²) in [7, 11) is 0. The van der Waals surface area contributed by atoms with Crippen LogP contribution in [0.1, 0.15) is 188 Å². The van der Waals surface area contributed by atoms with Gasteiger partial charge in [-0.1, -0.05) is 56.9 Å². The standard InChI is InChI=1S/C45H64O4.C3H4O3.C3H8.C2H4O2.4CH4/c1-5-45(4,43(47)49-33-17-25-15-27(33)41-31-19-29(39(25)41)35-21-7-9-23(13-21)37(31)35)11-10-44(2,3)42(46)48-32-16-24-14-26(32)40-30-18-28(38(24)40)34-20-6-8-22(12-20)36(30)34;1-3(5)6-2-4;1-3-2;1-2(3)4;;;;/h20-41H,5-19H2,1-4H3;2H,1H3;3H2,1-2H3;1H3,(H,3,4);4*1H4. The lowest BCUT2D eigenvalue weighted by molar-refractivity contribution is -0.171. The highest BCUT2D eigenvalue weighted by Crippen LogP contribution is 2.78. The second-order valence-electron chi connectivity index (χ2n) is 24.3. The van der Waals surface area contributed by atoms with Crippen molar-refractivity contribution in [3.63, 3.8) is 0 Å². The molecule has 0 radical (unpaired) electrons. The van der Waals surface area contributed by atoms with Crippen molar-refractivity contribution in [2.24, 2.45) is 129 Å². The van der Waals surface area contributed by atoms with Gasteiger partial charge in [-0.05, 0) is 235 Å². The van der Waals surface area contributed by atoms with Crippen molar-refractivity contribution >= 4 is 30.3 Å². The molecule has 0 amide bonds. The molecular weight excluding hydrogens is 829 g/mol. The lowest BCUT2D eigenvalue weighted by atomic mass is 9.59. The number of hydrogen-bond acceptors (Lipinski definition) is 8. The minimum absolute atomic E-state index is 0. The molecule has 0 spiro atoms. The molecule has 12 fully saturated rings. The Morgan fingerprint density at radius 1 is 0.515 bits per heavy atom. The van der Waals surface area contributed by atoms with Gasteiger partial charge in [0, 0.05) is 13.8 Å². The Labute approximate surface area is 401 Å². The monoisotopic (exact) mass is 925 g/mol. The van der Waals surface area contributed by atoms with E-state index in [1.165, 1.54) is 57.8 Å². The molecule has 23 atom stereocenters. The molecule has 1 N–H and O–H groups in total. The summed E-state index contributed by atoms with van der Waals surface area (Å²) in [5.41, 5.74) is -1.12. The van der Waals surface area contributed by atoms with Crippen LogP contribution in [-0.2, 0) is 38.2 Å². The van der Waals surface area contributed by atoms with E-state index in [1.807, 2.05) is 0 Å². The van der Waals surface area contributed by atoms with E-state index in [-0.39, 0.29) is 60.3 Å². The van der Waals surface area contributed by atoms with Crippen molar-refractivity contribution in [3.05, 3.63) is 0 Å². The summed E-state index contributed by atoms with van der Waals surface area (Å²) < 4.78 is 16.9. The molecule has 0 aliphatic heterocycles. The fourth-order valence-corrected chi connectivity index (χ4v) is 19.5. The third kappa shape index (κ3) is 8.75. The summed E-state index contributed by atoms with van der Waals surface area (Å²) in [6.07, 6.45) is 20.7. The van der Waals surface area contributed by atoms with Gasteiger partial charge in [-0.25, -0.2) is 0 Å². The Morgan fingerprint density at radius 3 is 1.20 bits per heavy atom. The summed E-state index contributed by atoms with van der Waals surface area (Å²) in [5.74, 6) is 17.3. The number of carboxylic acid groups (broad SMARTS) is 1. The Morgan fingerprint density at radius 2 is 0.864 bits per heavy atom. The molecule has 9 nitrogen and oxygen atoms in total. The normalized spacial score (nSPS) is 45.4. The van der Waals surface area contributed by atoms with Gasteiger partial charge in [-0.2, -0.15) is 0 Å². The van der Waals surface area contributed by atoms with Crippen LogP contribution in [0.2, 0.25) is 0 Å². The molecular formula is C57H96O9. The predicted molar refractivity (Wildman–Crippen MR) is 260 cm³/mol. The molecule has 0 heterocycles. The smallest absolute Gasteiger partial charge is 0.312 e. The summed E-state index contributed by atoms with van der Waals surface area (Å²) in [5, 5.41) is 7.42. The molecule has 12 aliphatic carbocycles. The van der Waals surface area contributed by atoms with Gasteiger partial charge < -0.3 is 19.3 Å². The predicted octanol–water partition coefficient (Wildman–Crippen LogP) is 13.0. The van der Waals surface area contributed by atoms with Crippen molar-refractivity contribution in [1.29, 1.82) is 0 Å². The van der Waals surface area contributed by atoms with E-state index in [0.29, 0.717) is 24.7 Å². The number of hydrogen-bond donors (Lipinski definition) is 1. The zero-order valence-electron chi connectivity index (χ0n) is 39.3. The summed E-state index contributed by atoms with van der Waals surface area (Å²) in [6.45, 7) is 15.0. The average molecular weight is 925 g/mol. The Balaban J connectivity index is 0.000000431. The molecule has 12 aliphatic rings. The molecule has 0 aromatic rings. The number of rotatable bonds is 9. The van der Waals surface area contributed by atoms with Crippen molar-refractivity contribution in [2.75, 3.05) is 0 Å². The maximum Gasteiger partial charge on any atom is 0.312 e. The number of aliphatic carboxylic acids is 1. The molecule has 23 unspecified atom stereocenters. The average Bonchev–Trinajstić information content (AvgIpc) is 4.06. The van der Waals surface area contributed by atoms with Crippen molar-refractivity contribution < 1.29 is 43.3 Å². The van der Waals surface area contributed by atoms with E-state index in [2.05, 4.69) is 46.3 Å². The van der Waals surface area contributed by atoms with E-state index >= 15 is 0 Å². The maximum atomic E-state index is 14.1. The fraction of sp³-hybridized carbons (Fsp3) is 0.912. The van der Waals surface area contributed by atoms with E-state index in [9.17, 15) is 19.2 Å². The minimum Gasteiger partial charge on any atom is -0.481 e. The quantitative estimate of drug-likeness (QED) is 0.0789. The second kappa shape index (κ2) is 20.5. The van der Waals surface area contributed by atoms with Crippen LogP contribution in [0.5, 0.6) is 0 Å². The molecule has 66 heavy (non-hydrogen) atoms. The molecule has 378 valence electrons. The van der Waals surface area contributed by atoms with Crippen LogP contribution in [0.4, 0.5) is 0 Å². The van der Waals surface area contributed by atoms with Gasteiger partial charge >= 0.3 is 24.4 Å². The van der Waals surface area contributed by atoms with Gasteiger partial charge in [0.05, 0.1) is 10.8 Å². The van der Waals surface area contributed by atoms with Crippen molar-refractivity contribution in [2.45, 2.75) is 200 Å². The molecule has 12 rings (SSSR count). The number of esters is 3. The third-order valence-corrected chi connectivity index (χ3v) is 21.1. The first-order valence-electron chi connectivity index (χ1n) is 25.8. The van der Waals surface area contributed by atoms with Crippen molar-refractivity contribution in [1.82, 2.24) is 0 Å². The Bertz CT molecular complexity index is 1740.